The van der Waals surface area contributed by atoms with Crippen molar-refractivity contribution in [2.45, 2.75) is 6.54 Å². The molecular weight excluding hydrogens is 270 g/mol. The van der Waals surface area contributed by atoms with Crippen LogP contribution < -0.4 is 10.1 Å². The molecule has 0 aliphatic heterocycles. The average molecular weight is 289 g/mol. The lowest BCUT2D eigenvalue weighted by Crippen LogP contribution is -2.27. The van der Waals surface area contributed by atoms with Gasteiger partial charge in [-0.25, -0.2) is 4.98 Å². The molecule has 0 radical (unpaired) electrons. The maximum atomic E-state index is 12.0. The van der Waals surface area contributed by atoms with E-state index in [1.807, 2.05) is 29.1 Å². The van der Waals surface area contributed by atoms with Crippen molar-refractivity contribution in [2.75, 3.05) is 26.9 Å². The van der Waals surface area contributed by atoms with Gasteiger partial charge in [-0.15, -0.1) is 0 Å². The Morgan fingerprint density at radius 1 is 1.33 bits per heavy atom. The zero-order valence-corrected chi connectivity index (χ0v) is 12.0. The molecule has 0 spiro atoms. The van der Waals surface area contributed by atoms with E-state index >= 15 is 0 Å². The van der Waals surface area contributed by atoms with Crippen molar-refractivity contribution in [1.29, 1.82) is 0 Å². The molecule has 1 amide bonds. The normalized spacial score (nSPS) is 10.3. The van der Waals surface area contributed by atoms with Crippen LogP contribution in [-0.4, -0.2) is 42.3 Å². The summed E-state index contributed by atoms with van der Waals surface area (Å²) in [5.74, 6) is 0.284. The Bertz CT molecular complexity index is 555. The molecule has 0 atom stereocenters. The molecule has 0 aliphatic carbocycles. The second-order valence-corrected chi connectivity index (χ2v) is 4.40. The SMILES string of the molecule is COCCOc1cc(C(=O)NCCn2cccc2)ccn1. The van der Waals surface area contributed by atoms with E-state index in [2.05, 4.69) is 10.3 Å². The smallest absolute Gasteiger partial charge is 0.251 e. The maximum absolute atomic E-state index is 12.0. The topological polar surface area (TPSA) is 65.4 Å². The Morgan fingerprint density at radius 3 is 2.90 bits per heavy atom. The standard InChI is InChI=1S/C15H19N3O3/c1-20-10-11-21-14-12-13(4-5-16-14)15(19)17-6-9-18-7-2-3-8-18/h2-5,7-8,12H,6,9-11H2,1H3,(H,17,19). The number of hydrogen-bond donors (Lipinski definition) is 1. The minimum absolute atomic E-state index is 0.138. The molecule has 0 unspecified atom stereocenters. The van der Waals surface area contributed by atoms with Gasteiger partial charge in [0.2, 0.25) is 5.88 Å². The van der Waals surface area contributed by atoms with Gasteiger partial charge in [-0.2, -0.15) is 0 Å². The largest absolute Gasteiger partial charge is 0.475 e. The summed E-state index contributed by atoms with van der Waals surface area (Å²) in [5, 5.41) is 2.86. The zero-order chi connectivity index (χ0) is 14.9. The number of methoxy groups -OCH3 is 1. The molecule has 2 rings (SSSR count). The first-order valence-corrected chi connectivity index (χ1v) is 6.76. The second kappa shape index (κ2) is 8.06. The van der Waals surface area contributed by atoms with E-state index in [-0.39, 0.29) is 5.91 Å². The second-order valence-electron chi connectivity index (χ2n) is 4.40. The Labute approximate surface area is 123 Å². The lowest BCUT2D eigenvalue weighted by molar-refractivity contribution is 0.0951. The summed E-state index contributed by atoms with van der Waals surface area (Å²) in [7, 11) is 1.60. The molecule has 0 bridgehead atoms. The first-order valence-electron chi connectivity index (χ1n) is 6.76. The van der Waals surface area contributed by atoms with E-state index in [1.54, 1.807) is 25.4 Å². The number of nitrogens with zero attached hydrogens (tertiary/aromatic N) is 2. The van der Waals surface area contributed by atoms with Gasteiger partial charge in [0.25, 0.3) is 5.91 Å². The fourth-order valence-corrected chi connectivity index (χ4v) is 1.78. The predicted molar refractivity (Wildman–Crippen MR) is 78.4 cm³/mol. The maximum Gasteiger partial charge on any atom is 0.251 e. The van der Waals surface area contributed by atoms with Crippen molar-refractivity contribution in [1.82, 2.24) is 14.9 Å². The molecule has 0 saturated heterocycles. The molecule has 0 aliphatic rings. The number of ether oxygens (including phenoxy) is 2. The number of amides is 1. The van der Waals surface area contributed by atoms with E-state index in [4.69, 9.17) is 9.47 Å². The third-order valence-electron chi connectivity index (χ3n) is 2.86. The van der Waals surface area contributed by atoms with Gasteiger partial charge < -0.3 is 19.4 Å². The molecule has 6 heteroatoms. The summed E-state index contributed by atoms with van der Waals surface area (Å²) in [4.78, 5) is 16.1. The molecule has 0 aromatic carbocycles. The van der Waals surface area contributed by atoms with Crippen LogP contribution in [0, 0.1) is 0 Å². The Balaban J connectivity index is 1.82. The Kier molecular flexibility index (Phi) is 5.78. The summed E-state index contributed by atoms with van der Waals surface area (Å²) >= 11 is 0. The summed E-state index contributed by atoms with van der Waals surface area (Å²) < 4.78 is 12.3. The number of nitrogens with one attached hydrogen (secondary N) is 1. The van der Waals surface area contributed by atoms with Crippen LogP contribution in [0.3, 0.4) is 0 Å². The van der Waals surface area contributed by atoms with Crippen molar-refractivity contribution in [3.8, 4) is 5.88 Å². The van der Waals surface area contributed by atoms with Crippen LogP contribution in [0.25, 0.3) is 0 Å². The van der Waals surface area contributed by atoms with E-state index in [1.165, 1.54) is 0 Å². The molecule has 2 aromatic heterocycles. The highest BCUT2D eigenvalue weighted by Crippen LogP contribution is 2.09. The van der Waals surface area contributed by atoms with Crippen LogP contribution >= 0.6 is 0 Å². The van der Waals surface area contributed by atoms with E-state index < -0.39 is 0 Å². The molecule has 6 nitrogen and oxygen atoms in total. The minimum atomic E-state index is -0.138. The molecule has 112 valence electrons. The third kappa shape index (κ3) is 4.92. The quantitative estimate of drug-likeness (QED) is 0.745. The van der Waals surface area contributed by atoms with E-state index in [0.29, 0.717) is 31.2 Å². The van der Waals surface area contributed by atoms with Gasteiger partial charge in [0.05, 0.1) is 6.61 Å². The number of hydrogen-bond acceptors (Lipinski definition) is 4. The Morgan fingerprint density at radius 2 is 2.14 bits per heavy atom. The molecule has 1 N–H and O–H groups in total. The number of carbonyl (C=O) groups excluding carboxylic acids is 1. The minimum Gasteiger partial charge on any atom is -0.475 e. The third-order valence-corrected chi connectivity index (χ3v) is 2.86. The molecule has 2 aromatic rings. The van der Waals surface area contributed by atoms with Crippen molar-refractivity contribution in [2.24, 2.45) is 0 Å². The van der Waals surface area contributed by atoms with Gasteiger partial charge in [-0.3, -0.25) is 4.79 Å². The summed E-state index contributed by atoms with van der Waals surface area (Å²) in [5.41, 5.74) is 0.532. The monoisotopic (exact) mass is 289 g/mol. The van der Waals surface area contributed by atoms with Crippen LogP contribution in [0.15, 0.2) is 42.9 Å². The predicted octanol–water partition coefficient (Wildman–Crippen LogP) is 1.34. The number of rotatable bonds is 8. The van der Waals surface area contributed by atoms with Crippen LogP contribution in [0.4, 0.5) is 0 Å². The van der Waals surface area contributed by atoms with Crippen molar-refractivity contribution in [3.63, 3.8) is 0 Å². The van der Waals surface area contributed by atoms with Gasteiger partial charge in [-0.1, -0.05) is 0 Å². The van der Waals surface area contributed by atoms with Crippen molar-refractivity contribution in [3.05, 3.63) is 48.4 Å². The summed E-state index contributed by atoms with van der Waals surface area (Å²) in [6.07, 6.45) is 5.48. The Hall–Kier alpha value is -2.34. The zero-order valence-electron chi connectivity index (χ0n) is 12.0. The van der Waals surface area contributed by atoms with Crippen LogP contribution in [0.2, 0.25) is 0 Å². The van der Waals surface area contributed by atoms with Crippen LogP contribution in [0.1, 0.15) is 10.4 Å². The van der Waals surface area contributed by atoms with Gasteiger partial charge in [0, 0.05) is 50.4 Å². The molecule has 0 fully saturated rings. The average Bonchev–Trinajstić information content (AvgIpc) is 3.01. The lowest BCUT2D eigenvalue weighted by Gasteiger charge is -2.08. The highest BCUT2D eigenvalue weighted by molar-refractivity contribution is 5.94. The van der Waals surface area contributed by atoms with Gasteiger partial charge in [0.15, 0.2) is 0 Å². The lowest BCUT2D eigenvalue weighted by atomic mass is 10.2. The van der Waals surface area contributed by atoms with Gasteiger partial charge in [0.1, 0.15) is 6.61 Å². The number of carbonyl (C=O) groups is 1. The summed E-state index contributed by atoms with van der Waals surface area (Å²) in [6, 6.07) is 7.19. The van der Waals surface area contributed by atoms with E-state index in [0.717, 1.165) is 6.54 Å². The number of pyridine rings is 1. The molecule has 0 saturated carbocycles. The first kappa shape index (κ1) is 15.1. The first-order chi connectivity index (χ1) is 10.3. The highest BCUT2D eigenvalue weighted by atomic mass is 16.5. The molecular formula is C15H19N3O3. The van der Waals surface area contributed by atoms with Gasteiger partial charge >= 0.3 is 0 Å². The van der Waals surface area contributed by atoms with E-state index in [9.17, 15) is 4.79 Å². The fourth-order valence-electron chi connectivity index (χ4n) is 1.78. The molecule has 2 heterocycles. The van der Waals surface area contributed by atoms with Crippen molar-refractivity contribution < 1.29 is 14.3 Å². The molecule has 21 heavy (non-hydrogen) atoms. The summed E-state index contributed by atoms with van der Waals surface area (Å²) in [6.45, 7) is 2.19. The van der Waals surface area contributed by atoms with Gasteiger partial charge in [-0.05, 0) is 18.2 Å². The number of aromatic nitrogens is 2. The highest BCUT2D eigenvalue weighted by Gasteiger charge is 2.07. The van der Waals surface area contributed by atoms with Crippen LogP contribution in [-0.2, 0) is 11.3 Å². The van der Waals surface area contributed by atoms with Crippen molar-refractivity contribution >= 4 is 5.91 Å². The van der Waals surface area contributed by atoms with Crippen LogP contribution in [0.5, 0.6) is 5.88 Å². The fraction of sp³-hybridized carbons (Fsp3) is 0.333.